The largest absolute Gasteiger partial charge is 0.328 e. The smallest absolute Gasteiger partial charge is 0.295 e. The van der Waals surface area contributed by atoms with Crippen LogP contribution in [0.3, 0.4) is 0 Å². The Hall–Kier alpha value is -7.11. The average molecular weight is 715 g/mol. The van der Waals surface area contributed by atoms with Gasteiger partial charge in [-0.15, -0.1) is 0 Å². The van der Waals surface area contributed by atoms with Crippen LogP contribution in [0.4, 0.5) is 0 Å². The molecule has 5 heteroatoms. The summed E-state index contributed by atoms with van der Waals surface area (Å²) in [4.78, 5) is 22.4. The highest BCUT2D eigenvalue weighted by Crippen LogP contribution is 2.56. The van der Waals surface area contributed by atoms with Crippen molar-refractivity contribution < 1.29 is 8.22 Å². The van der Waals surface area contributed by atoms with Gasteiger partial charge in [0.15, 0.2) is 5.82 Å². The predicted molar refractivity (Wildman–Crippen MR) is 223 cm³/mol. The monoisotopic (exact) mass is 714 g/mol. The summed E-state index contributed by atoms with van der Waals surface area (Å²) in [5.74, 6) is -0.0845. The number of benzene rings is 7. The summed E-state index contributed by atoms with van der Waals surface area (Å²) >= 11 is 0. The zero-order chi connectivity index (χ0) is 42.3. The first kappa shape index (κ1) is 26.6. The van der Waals surface area contributed by atoms with Crippen LogP contribution < -0.4 is 5.69 Å². The highest BCUT2D eigenvalue weighted by atomic mass is 16.1. The van der Waals surface area contributed by atoms with Gasteiger partial charge in [0.1, 0.15) is 0 Å². The van der Waals surface area contributed by atoms with Crippen LogP contribution in [0.25, 0.3) is 67.2 Å². The fourth-order valence-corrected chi connectivity index (χ4v) is 8.25. The average Bonchev–Trinajstić information content (AvgIpc) is 3.72. The Labute approximate surface area is 327 Å². The summed E-state index contributed by atoms with van der Waals surface area (Å²) in [6.45, 7) is 0. The maximum Gasteiger partial charge on any atom is 0.328 e. The number of aryl methyl sites for hydroxylation is 2. The second-order valence-electron chi connectivity index (χ2n) is 13.8. The van der Waals surface area contributed by atoms with Crippen molar-refractivity contribution in [1.82, 2.24) is 19.1 Å². The molecule has 1 aliphatic carbocycles. The molecule has 9 aromatic rings. The van der Waals surface area contributed by atoms with Gasteiger partial charge in [0.2, 0.25) is 0 Å². The van der Waals surface area contributed by atoms with E-state index in [4.69, 9.17) is 16.8 Å². The molecule has 2 aromatic heterocycles. The maximum atomic E-state index is 12.6. The molecule has 0 amide bonds. The van der Waals surface area contributed by atoms with Crippen LogP contribution in [0.2, 0.25) is 0 Å². The van der Waals surface area contributed by atoms with Gasteiger partial charge in [0.25, 0.3) is 0 Å². The van der Waals surface area contributed by atoms with E-state index < -0.39 is 35.6 Å². The standard InChI is InChI=1S/C50H36N4O/c1-53-46-29-27-36(31-47(46)54(2)49(53)55)33-22-24-34(25-23-33)44-32-45(52-48(51-44)35-14-6-3-7-15-35)37-26-28-41-40-20-12-13-21-42(40)50(43(41)30-37,38-16-8-4-9-17-38)39-18-10-5-11-19-39/h3-32H,1-2H3/i3D,6D,7D,14D,15D,32D. The number of nitrogens with zero attached hydrogens (tertiary/aromatic N) is 4. The minimum atomic E-state index is -0.719. The van der Waals surface area contributed by atoms with E-state index in [0.29, 0.717) is 11.1 Å². The van der Waals surface area contributed by atoms with Gasteiger partial charge in [-0.25, -0.2) is 14.8 Å². The van der Waals surface area contributed by atoms with Crippen LogP contribution in [0.5, 0.6) is 0 Å². The third-order valence-electron chi connectivity index (χ3n) is 10.9. The van der Waals surface area contributed by atoms with Crippen LogP contribution in [-0.2, 0) is 19.5 Å². The van der Waals surface area contributed by atoms with Crippen molar-refractivity contribution in [3.63, 3.8) is 0 Å². The minimum absolute atomic E-state index is 0.0186. The third kappa shape index (κ3) is 5.12. The van der Waals surface area contributed by atoms with Gasteiger partial charge in [0, 0.05) is 30.8 Å². The molecule has 0 atom stereocenters. The van der Waals surface area contributed by atoms with E-state index in [-0.39, 0.29) is 34.5 Å². The van der Waals surface area contributed by atoms with Crippen molar-refractivity contribution in [3.05, 3.63) is 215 Å². The van der Waals surface area contributed by atoms with Gasteiger partial charge in [-0.1, -0.05) is 158 Å². The highest BCUT2D eigenvalue weighted by molar-refractivity contribution is 5.89. The Kier molecular flexibility index (Phi) is 6.19. The molecule has 0 saturated carbocycles. The number of hydrogen-bond donors (Lipinski definition) is 0. The number of hydrogen-bond acceptors (Lipinski definition) is 3. The van der Waals surface area contributed by atoms with E-state index in [1.165, 1.54) is 0 Å². The summed E-state index contributed by atoms with van der Waals surface area (Å²) < 4.78 is 56.0. The summed E-state index contributed by atoms with van der Waals surface area (Å²) in [6.07, 6.45) is 0. The van der Waals surface area contributed by atoms with E-state index >= 15 is 0 Å². The molecule has 0 saturated heterocycles. The molecule has 0 radical (unpaired) electrons. The lowest BCUT2D eigenvalue weighted by molar-refractivity contribution is 0.768. The molecule has 2 heterocycles. The lowest BCUT2D eigenvalue weighted by Crippen LogP contribution is -2.28. The number of fused-ring (bicyclic) bond motifs is 4. The molecule has 0 bridgehead atoms. The molecule has 262 valence electrons. The Morgan fingerprint density at radius 1 is 0.509 bits per heavy atom. The molecule has 0 aliphatic heterocycles. The molecular weight excluding hydrogens is 673 g/mol. The Bertz CT molecular complexity index is 3240. The van der Waals surface area contributed by atoms with Crippen molar-refractivity contribution in [2.45, 2.75) is 5.41 Å². The van der Waals surface area contributed by atoms with Crippen molar-refractivity contribution in [1.29, 1.82) is 0 Å². The molecule has 0 spiro atoms. The lowest BCUT2D eigenvalue weighted by Gasteiger charge is -2.34. The topological polar surface area (TPSA) is 52.7 Å². The second kappa shape index (κ2) is 12.8. The molecular formula is C50H36N4O. The quantitative estimate of drug-likeness (QED) is 0.172. The molecule has 0 fully saturated rings. The first-order valence-corrected chi connectivity index (χ1v) is 18.1. The Balaban J connectivity index is 1.20. The molecule has 0 N–H and O–H groups in total. The summed E-state index contributed by atoms with van der Waals surface area (Å²) in [5.41, 5.74) is 10.5. The zero-order valence-electron chi connectivity index (χ0n) is 36.1. The van der Waals surface area contributed by atoms with Crippen molar-refractivity contribution in [2.75, 3.05) is 0 Å². The van der Waals surface area contributed by atoms with Gasteiger partial charge in [0.05, 0.1) is 36.1 Å². The zero-order valence-corrected chi connectivity index (χ0v) is 30.1. The first-order valence-electron chi connectivity index (χ1n) is 21.1. The third-order valence-corrected chi connectivity index (χ3v) is 10.9. The molecule has 55 heavy (non-hydrogen) atoms. The fourth-order valence-electron chi connectivity index (χ4n) is 8.25. The predicted octanol–water partition coefficient (Wildman–Crippen LogP) is 10.7. The van der Waals surface area contributed by atoms with Gasteiger partial charge in [-0.2, -0.15) is 0 Å². The van der Waals surface area contributed by atoms with Gasteiger partial charge in [-0.3, -0.25) is 9.13 Å². The van der Waals surface area contributed by atoms with Gasteiger partial charge >= 0.3 is 5.69 Å². The van der Waals surface area contributed by atoms with Crippen LogP contribution in [-0.4, -0.2) is 19.1 Å². The first-order chi connectivity index (χ1) is 29.5. The van der Waals surface area contributed by atoms with Crippen molar-refractivity contribution in [3.8, 4) is 56.2 Å². The summed E-state index contributed by atoms with van der Waals surface area (Å²) in [7, 11) is 3.49. The highest BCUT2D eigenvalue weighted by Gasteiger charge is 2.46. The lowest BCUT2D eigenvalue weighted by atomic mass is 9.67. The summed E-state index contributed by atoms with van der Waals surface area (Å²) in [6, 6.07) is 46.3. The van der Waals surface area contributed by atoms with E-state index in [2.05, 4.69) is 54.6 Å². The molecule has 7 aromatic carbocycles. The second-order valence-corrected chi connectivity index (χ2v) is 13.8. The van der Waals surface area contributed by atoms with Crippen LogP contribution in [0.15, 0.2) is 187 Å². The Morgan fingerprint density at radius 2 is 1.07 bits per heavy atom. The number of aromatic nitrogens is 4. The fraction of sp³-hybridized carbons (Fsp3) is 0.0600. The van der Waals surface area contributed by atoms with Crippen molar-refractivity contribution in [2.24, 2.45) is 14.1 Å². The SMILES string of the molecule is [2H]c1c(-c2ccc(-c3ccc4c(c3)n(C)c(=O)n4C)cc2)nc(-c2c([2H])c([2H])c([2H])c([2H])c2[2H])nc1-c1ccc2c(c1)C(c1ccccc1)(c1ccccc1)c1ccccc1-2. The molecule has 5 nitrogen and oxygen atoms in total. The summed E-state index contributed by atoms with van der Waals surface area (Å²) in [5, 5.41) is 0. The van der Waals surface area contributed by atoms with E-state index in [1.807, 2.05) is 91.0 Å². The van der Waals surface area contributed by atoms with Crippen LogP contribution in [0, 0.1) is 0 Å². The number of imidazole rings is 1. The van der Waals surface area contributed by atoms with Gasteiger partial charge < -0.3 is 0 Å². The van der Waals surface area contributed by atoms with Crippen molar-refractivity contribution >= 4 is 11.0 Å². The minimum Gasteiger partial charge on any atom is -0.295 e. The molecule has 1 aliphatic rings. The van der Waals surface area contributed by atoms with Crippen LogP contribution in [0.1, 0.15) is 30.5 Å². The number of rotatable bonds is 6. The Morgan fingerprint density at radius 3 is 1.78 bits per heavy atom. The molecule has 10 rings (SSSR count). The van der Waals surface area contributed by atoms with E-state index in [1.54, 1.807) is 23.2 Å². The maximum absolute atomic E-state index is 12.6. The van der Waals surface area contributed by atoms with E-state index in [0.717, 1.165) is 55.5 Å². The molecule has 0 unspecified atom stereocenters. The van der Waals surface area contributed by atoms with Crippen LogP contribution >= 0.6 is 0 Å². The van der Waals surface area contributed by atoms with E-state index in [9.17, 15) is 6.17 Å². The normalized spacial score (nSPS) is 14.3. The van der Waals surface area contributed by atoms with Gasteiger partial charge in [-0.05, 0) is 68.7 Å².